The molecule has 47 heavy (non-hydrogen) atoms. The zero-order valence-electron chi connectivity index (χ0n) is 26.4. The SMILES string of the molecule is CC(C)CN(C[C@@H](O)[C@H](Cc1ccc(F)cc1)NC(=O)O[C@H]1C2CO[C@H]3OCC1C3C2)S(=O)(=O)c1ccc2nc(NC3CC3)sc2c1. The van der Waals surface area contributed by atoms with Gasteiger partial charge in [0.2, 0.25) is 10.0 Å². The average Bonchev–Trinajstić information content (AvgIpc) is 3.49. The molecule has 0 spiro atoms. The molecule has 1 amide bonds. The van der Waals surface area contributed by atoms with Crippen LogP contribution in [0.15, 0.2) is 47.4 Å². The van der Waals surface area contributed by atoms with Gasteiger partial charge in [-0.05, 0) is 67.5 Å². The smallest absolute Gasteiger partial charge is 0.407 e. The lowest BCUT2D eigenvalue weighted by Gasteiger charge is -2.31. The Morgan fingerprint density at radius 1 is 1.13 bits per heavy atom. The number of nitrogens with zero attached hydrogens (tertiary/aromatic N) is 2. The Kier molecular flexibility index (Phi) is 9.17. The van der Waals surface area contributed by atoms with E-state index >= 15 is 0 Å². The number of nitrogens with one attached hydrogen (secondary N) is 2. The number of hydrogen-bond donors (Lipinski definition) is 3. The molecular weight excluding hydrogens is 648 g/mol. The molecule has 11 nitrogen and oxygen atoms in total. The fraction of sp³-hybridized carbons (Fsp3) is 0.576. The molecule has 3 heterocycles. The lowest BCUT2D eigenvalue weighted by molar-refractivity contribution is -0.169. The van der Waals surface area contributed by atoms with Crippen LogP contribution in [-0.4, -0.2) is 85.8 Å². The summed E-state index contributed by atoms with van der Waals surface area (Å²) in [6.07, 6.45) is 0.539. The summed E-state index contributed by atoms with van der Waals surface area (Å²) in [5, 5.41) is 18.6. The summed E-state index contributed by atoms with van der Waals surface area (Å²) in [5.41, 5.74) is 1.38. The minimum Gasteiger partial charge on any atom is -0.445 e. The van der Waals surface area contributed by atoms with E-state index in [2.05, 4.69) is 15.6 Å². The van der Waals surface area contributed by atoms with Gasteiger partial charge in [0, 0.05) is 36.9 Å². The minimum atomic E-state index is -4.05. The van der Waals surface area contributed by atoms with E-state index in [0.29, 0.717) is 30.3 Å². The van der Waals surface area contributed by atoms with Crippen molar-refractivity contribution < 1.29 is 36.9 Å². The number of carbonyl (C=O) groups is 1. The standard InChI is InChI=1S/C33H41FN4O7S2/c1-18(2)14-38(47(41,42)23-9-10-26-29(13-23)46-32(36-26)35-22-7-8-22)15-28(39)27(11-19-3-5-21(34)6-4-19)37-33(40)45-30-20-12-24-25(30)17-44-31(24)43-16-20/h3-6,9-10,13,18,20,22,24-25,27-28,30-31,39H,7-8,11-12,14-17H2,1-2H3,(H,35,36)(H,37,40)/t20?,24?,25?,27-,28+,30-,31-/m0/s1. The second-order valence-corrected chi connectivity index (χ2v) is 16.6. The van der Waals surface area contributed by atoms with Crippen molar-refractivity contribution in [3.8, 4) is 0 Å². The molecule has 7 rings (SSSR count). The van der Waals surface area contributed by atoms with Crippen molar-refractivity contribution >= 4 is 42.8 Å². The molecule has 2 aliphatic heterocycles. The number of halogens is 1. The van der Waals surface area contributed by atoms with E-state index in [4.69, 9.17) is 14.2 Å². The summed E-state index contributed by atoms with van der Waals surface area (Å²) in [6.45, 7) is 4.59. The highest BCUT2D eigenvalue weighted by molar-refractivity contribution is 7.89. The number of amides is 1. The van der Waals surface area contributed by atoms with Crippen molar-refractivity contribution in [3.05, 3.63) is 53.8 Å². The maximum atomic E-state index is 14.1. The van der Waals surface area contributed by atoms with Crippen LogP contribution in [0.3, 0.4) is 0 Å². The number of alkyl carbamates (subject to hydrolysis) is 1. The lowest BCUT2D eigenvalue weighted by Crippen LogP contribution is -2.52. The van der Waals surface area contributed by atoms with Crippen LogP contribution < -0.4 is 10.6 Å². The average molecular weight is 689 g/mol. The first kappa shape index (κ1) is 32.7. The second kappa shape index (κ2) is 13.2. The van der Waals surface area contributed by atoms with Crippen molar-refractivity contribution in [2.24, 2.45) is 23.7 Å². The number of ether oxygens (including phenoxy) is 3. The first-order valence-electron chi connectivity index (χ1n) is 16.3. The molecule has 1 aromatic heterocycles. The van der Waals surface area contributed by atoms with Gasteiger partial charge in [-0.15, -0.1) is 0 Å². The molecule has 2 saturated heterocycles. The van der Waals surface area contributed by atoms with Crippen LogP contribution in [0.4, 0.5) is 14.3 Å². The second-order valence-electron chi connectivity index (χ2n) is 13.7. The number of rotatable bonds is 13. The highest BCUT2D eigenvalue weighted by atomic mass is 32.2. The Hall–Kier alpha value is -2.88. The number of sulfonamides is 1. The quantitative estimate of drug-likeness (QED) is 0.239. The third-order valence-electron chi connectivity index (χ3n) is 9.53. The van der Waals surface area contributed by atoms with E-state index in [1.54, 1.807) is 30.3 Å². The third-order valence-corrected chi connectivity index (χ3v) is 12.3. The fourth-order valence-electron chi connectivity index (χ4n) is 7.01. The van der Waals surface area contributed by atoms with Gasteiger partial charge in [-0.2, -0.15) is 4.31 Å². The number of hydrogen-bond acceptors (Lipinski definition) is 10. The molecule has 14 heteroatoms. The molecule has 2 aromatic carbocycles. The van der Waals surface area contributed by atoms with Crippen LogP contribution in [0.25, 0.3) is 10.2 Å². The molecular formula is C33H41FN4O7S2. The zero-order valence-corrected chi connectivity index (χ0v) is 28.0. The summed E-state index contributed by atoms with van der Waals surface area (Å²) < 4.78 is 61.4. The molecule has 3 N–H and O–H groups in total. The summed E-state index contributed by atoms with van der Waals surface area (Å²) >= 11 is 1.41. The molecule has 3 aromatic rings. The highest BCUT2D eigenvalue weighted by Crippen LogP contribution is 2.49. The fourth-order valence-corrected chi connectivity index (χ4v) is 9.71. The Morgan fingerprint density at radius 2 is 1.89 bits per heavy atom. The number of benzene rings is 2. The molecule has 0 radical (unpaired) electrons. The van der Waals surface area contributed by atoms with Gasteiger partial charge in [0.1, 0.15) is 11.9 Å². The number of aromatic nitrogens is 1. The summed E-state index contributed by atoms with van der Waals surface area (Å²) in [5.74, 6) is -0.158. The lowest BCUT2D eigenvalue weighted by atomic mass is 9.98. The maximum Gasteiger partial charge on any atom is 0.407 e. The molecule has 2 bridgehead atoms. The van der Waals surface area contributed by atoms with Crippen LogP contribution in [0.1, 0.15) is 38.7 Å². The first-order valence-corrected chi connectivity index (χ1v) is 18.6. The minimum absolute atomic E-state index is 0.0434. The number of aliphatic hydroxyl groups is 1. The van der Waals surface area contributed by atoms with Gasteiger partial charge in [-0.25, -0.2) is 22.6 Å². The summed E-state index contributed by atoms with van der Waals surface area (Å²) in [6, 6.07) is 10.1. The molecule has 7 atom stereocenters. The predicted molar refractivity (Wildman–Crippen MR) is 174 cm³/mol. The number of aliphatic hydroxyl groups excluding tert-OH is 1. The van der Waals surface area contributed by atoms with Gasteiger partial charge < -0.3 is 30.0 Å². The van der Waals surface area contributed by atoms with Gasteiger partial charge in [0.15, 0.2) is 11.4 Å². The predicted octanol–water partition coefficient (Wildman–Crippen LogP) is 4.36. The Labute approximate surface area is 277 Å². The highest BCUT2D eigenvalue weighted by Gasteiger charge is 2.56. The molecule has 4 fully saturated rings. The van der Waals surface area contributed by atoms with Crippen LogP contribution in [-0.2, 0) is 30.7 Å². The van der Waals surface area contributed by atoms with Crippen molar-refractivity contribution in [1.29, 1.82) is 0 Å². The van der Waals surface area contributed by atoms with Crippen molar-refractivity contribution in [2.75, 3.05) is 31.6 Å². The van der Waals surface area contributed by atoms with Crippen LogP contribution >= 0.6 is 11.3 Å². The van der Waals surface area contributed by atoms with Crippen LogP contribution in [0, 0.1) is 29.5 Å². The number of fused-ring (bicyclic) bond motifs is 2. The van der Waals surface area contributed by atoms with Gasteiger partial charge in [-0.3, -0.25) is 0 Å². The topological polar surface area (TPSA) is 139 Å². The normalized spacial score (nSPS) is 26.6. The van der Waals surface area contributed by atoms with Gasteiger partial charge in [0.25, 0.3) is 0 Å². The van der Waals surface area contributed by atoms with Gasteiger partial charge >= 0.3 is 6.09 Å². The number of carbonyl (C=O) groups excluding carboxylic acids is 1. The van der Waals surface area contributed by atoms with Crippen molar-refractivity contribution in [1.82, 2.24) is 14.6 Å². The monoisotopic (exact) mass is 688 g/mol. The zero-order chi connectivity index (χ0) is 32.9. The molecule has 2 saturated carbocycles. The van der Waals surface area contributed by atoms with Crippen LogP contribution in [0.2, 0.25) is 0 Å². The summed E-state index contributed by atoms with van der Waals surface area (Å²) in [7, 11) is -4.05. The third kappa shape index (κ3) is 7.13. The van der Waals surface area contributed by atoms with E-state index in [-0.39, 0.29) is 60.5 Å². The Morgan fingerprint density at radius 3 is 2.64 bits per heavy atom. The van der Waals surface area contributed by atoms with Crippen LogP contribution in [0.5, 0.6) is 0 Å². The largest absolute Gasteiger partial charge is 0.445 e. The van der Waals surface area contributed by atoms with Crippen molar-refractivity contribution in [2.45, 2.75) is 75.0 Å². The Bertz CT molecular complexity index is 1700. The van der Waals surface area contributed by atoms with E-state index in [1.807, 2.05) is 13.8 Å². The Balaban J connectivity index is 1.10. The molecule has 3 unspecified atom stereocenters. The summed E-state index contributed by atoms with van der Waals surface area (Å²) in [4.78, 5) is 18.1. The molecule has 254 valence electrons. The van der Waals surface area contributed by atoms with Gasteiger partial charge in [-0.1, -0.05) is 37.3 Å². The number of thiazole rings is 1. The van der Waals surface area contributed by atoms with E-state index in [9.17, 15) is 22.7 Å². The maximum absolute atomic E-state index is 14.1. The van der Waals surface area contributed by atoms with E-state index < -0.39 is 34.1 Å². The molecule has 2 aliphatic carbocycles. The van der Waals surface area contributed by atoms with E-state index in [1.165, 1.54) is 27.8 Å². The van der Waals surface area contributed by atoms with Gasteiger partial charge in [0.05, 0.1) is 40.5 Å². The van der Waals surface area contributed by atoms with E-state index in [0.717, 1.165) is 29.1 Å². The first-order chi connectivity index (χ1) is 22.5. The van der Waals surface area contributed by atoms with Crippen molar-refractivity contribution in [3.63, 3.8) is 0 Å². The molecule has 4 aliphatic rings. The number of anilines is 1.